The number of para-hydroxylation sites is 2. The number of nitrogens with zero attached hydrogens (tertiary/aromatic N) is 4. The van der Waals surface area contributed by atoms with Crippen LogP contribution in [0.1, 0.15) is 19.8 Å². The maximum Gasteiger partial charge on any atom is 0.330 e. The van der Waals surface area contributed by atoms with E-state index < -0.39 is 11.2 Å². The summed E-state index contributed by atoms with van der Waals surface area (Å²) in [6.45, 7) is 2.67. The van der Waals surface area contributed by atoms with Gasteiger partial charge in [0.2, 0.25) is 5.91 Å². The molecule has 0 radical (unpaired) electrons. The largest absolute Gasteiger partial charge is 0.383 e. The molecule has 0 aliphatic rings. The van der Waals surface area contributed by atoms with Gasteiger partial charge in [0.15, 0.2) is 10.8 Å². The van der Waals surface area contributed by atoms with Gasteiger partial charge < -0.3 is 19.9 Å². The summed E-state index contributed by atoms with van der Waals surface area (Å²) in [4.78, 5) is 46.2. The highest BCUT2D eigenvalue weighted by atomic mass is 32.2. The Morgan fingerprint density at radius 3 is 2.75 bits per heavy atom. The van der Waals surface area contributed by atoms with Crippen molar-refractivity contribution in [1.82, 2.24) is 19.1 Å². The van der Waals surface area contributed by atoms with Crippen LogP contribution in [0.3, 0.4) is 0 Å². The second kappa shape index (κ2) is 10.5. The summed E-state index contributed by atoms with van der Waals surface area (Å²) in [6.07, 6.45) is 1.56. The number of aryl methyl sites for hydroxylation is 1. The minimum Gasteiger partial charge on any atom is -0.383 e. The third kappa shape index (κ3) is 4.89. The van der Waals surface area contributed by atoms with Crippen LogP contribution >= 0.6 is 11.8 Å². The first kappa shape index (κ1) is 23.6. The van der Waals surface area contributed by atoms with Crippen LogP contribution < -0.4 is 21.9 Å². The maximum atomic E-state index is 13.2. The number of ether oxygens (including phenoxy) is 1. The van der Waals surface area contributed by atoms with Gasteiger partial charge in [-0.1, -0.05) is 37.2 Å². The highest BCUT2D eigenvalue weighted by Gasteiger charge is 2.24. The third-order valence-corrected chi connectivity index (χ3v) is 6.12. The quantitative estimate of drug-likeness (QED) is 0.440. The number of nitrogens with one attached hydrogen (secondary N) is 1. The fourth-order valence-corrected chi connectivity index (χ4v) is 4.24. The summed E-state index contributed by atoms with van der Waals surface area (Å²) in [6, 6.07) is 7.70. The first-order chi connectivity index (χ1) is 15.4. The molecule has 3 aromatic rings. The molecule has 172 valence electrons. The number of rotatable bonds is 10. The van der Waals surface area contributed by atoms with E-state index in [4.69, 9.17) is 10.5 Å². The van der Waals surface area contributed by atoms with Crippen LogP contribution in [0.25, 0.3) is 11.0 Å². The van der Waals surface area contributed by atoms with E-state index in [1.165, 1.54) is 28.3 Å². The van der Waals surface area contributed by atoms with E-state index in [2.05, 4.69) is 9.97 Å². The standard InChI is InChI=1S/C21H28N6O4S/c1-4-5-10-27-18(22)17(19(29)24-20(27)30)26(11-12-31-3)16(28)13-32-21-23-14-8-6-7-9-15(14)25(21)2/h6-9H,4-5,10-13,22H2,1-3H3,(H,24,29,30). The van der Waals surface area contributed by atoms with Crippen molar-refractivity contribution >= 4 is 40.2 Å². The molecule has 0 bridgehead atoms. The van der Waals surface area contributed by atoms with Gasteiger partial charge in [0.05, 0.1) is 23.4 Å². The van der Waals surface area contributed by atoms with Gasteiger partial charge in [-0.2, -0.15) is 0 Å². The average molecular weight is 461 g/mol. The molecule has 0 atom stereocenters. The molecule has 0 saturated carbocycles. The molecule has 0 spiro atoms. The molecule has 10 nitrogen and oxygen atoms in total. The lowest BCUT2D eigenvalue weighted by molar-refractivity contribution is -0.116. The number of benzene rings is 1. The molecule has 3 rings (SSSR count). The molecule has 1 aromatic carbocycles. The number of H-pyrrole nitrogens is 1. The third-order valence-electron chi connectivity index (χ3n) is 5.11. The molecular weight excluding hydrogens is 432 g/mol. The van der Waals surface area contributed by atoms with Crippen LogP contribution in [0.5, 0.6) is 0 Å². The number of carbonyl (C=O) groups excluding carboxylic acids is 1. The number of hydrogen-bond donors (Lipinski definition) is 2. The summed E-state index contributed by atoms with van der Waals surface area (Å²) < 4.78 is 8.34. The number of anilines is 2. The Hall–Kier alpha value is -3.05. The van der Waals surface area contributed by atoms with Crippen molar-refractivity contribution in [1.29, 1.82) is 0 Å². The zero-order valence-corrected chi connectivity index (χ0v) is 19.3. The number of imidazole rings is 1. The predicted molar refractivity (Wildman–Crippen MR) is 126 cm³/mol. The Bertz CT molecular complexity index is 1220. The fourth-order valence-electron chi connectivity index (χ4n) is 3.38. The molecule has 2 heterocycles. The minimum atomic E-state index is -0.697. The zero-order chi connectivity index (χ0) is 23.3. The van der Waals surface area contributed by atoms with Crippen molar-refractivity contribution in [2.24, 2.45) is 7.05 Å². The molecule has 2 aromatic heterocycles. The summed E-state index contributed by atoms with van der Waals surface area (Å²) in [5.74, 6) is -0.324. The normalized spacial score (nSPS) is 11.2. The number of carbonyl (C=O) groups is 1. The number of methoxy groups -OCH3 is 1. The highest BCUT2D eigenvalue weighted by Crippen LogP contribution is 2.24. The molecule has 0 unspecified atom stereocenters. The van der Waals surface area contributed by atoms with E-state index in [9.17, 15) is 14.4 Å². The van der Waals surface area contributed by atoms with Gasteiger partial charge in [0.25, 0.3) is 5.56 Å². The zero-order valence-electron chi connectivity index (χ0n) is 18.5. The van der Waals surface area contributed by atoms with Crippen molar-refractivity contribution in [3.63, 3.8) is 0 Å². The SMILES string of the molecule is CCCCn1c(N)c(N(CCOC)C(=O)CSc2nc3ccccc3n2C)c(=O)[nH]c1=O. The summed E-state index contributed by atoms with van der Waals surface area (Å²) in [5, 5.41) is 0.682. The number of unbranched alkanes of at least 4 members (excludes halogenated alkanes) is 1. The van der Waals surface area contributed by atoms with Crippen LogP contribution in [0.15, 0.2) is 39.0 Å². The molecule has 0 fully saturated rings. The Morgan fingerprint density at radius 1 is 1.31 bits per heavy atom. The second-order valence-corrected chi connectivity index (χ2v) is 8.21. The molecule has 0 saturated heterocycles. The molecule has 0 aliphatic heterocycles. The van der Waals surface area contributed by atoms with E-state index in [1.54, 1.807) is 0 Å². The topological polar surface area (TPSA) is 128 Å². The smallest absolute Gasteiger partial charge is 0.330 e. The monoisotopic (exact) mass is 460 g/mol. The fraction of sp³-hybridized carbons (Fsp3) is 0.429. The number of nitrogens with two attached hydrogens (primary N) is 1. The average Bonchev–Trinajstić information content (AvgIpc) is 3.09. The van der Waals surface area contributed by atoms with E-state index in [1.807, 2.05) is 42.8 Å². The first-order valence-corrected chi connectivity index (χ1v) is 11.3. The van der Waals surface area contributed by atoms with Crippen LogP contribution in [-0.2, 0) is 23.1 Å². The van der Waals surface area contributed by atoms with Crippen molar-refractivity contribution in [3.05, 3.63) is 45.1 Å². The highest BCUT2D eigenvalue weighted by molar-refractivity contribution is 7.99. The minimum absolute atomic E-state index is 0.0237. The van der Waals surface area contributed by atoms with E-state index >= 15 is 0 Å². The molecule has 11 heteroatoms. The molecule has 3 N–H and O–H groups in total. The van der Waals surface area contributed by atoms with Gasteiger partial charge in [-0.25, -0.2) is 9.78 Å². The number of fused-ring (bicyclic) bond motifs is 1. The van der Waals surface area contributed by atoms with Crippen molar-refractivity contribution in [3.8, 4) is 0 Å². The summed E-state index contributed by atoms with van der Waals surface area (Å²) in [7, 11) is 3.39. The molecule has 1 amide bonds. The molecule has 32 heavy (non-hydrogen) atoms. The van der Waals surface area contributed by atoms with Crippen molar-refractivity contribution < 1.29 is 9.53 Å². The van der Waals surface area contributed by atoms with E-state index in [0.29, 0.717) is 18.1 Å². The maximum absolute atomic E-state index is 13.2. The van der Waals surface area contributed by atoms with Crippen LogP contribution in [0.2, 0.25) is 0 Å². The van der Waals surface area contributed by atoms with Crippen LogP contribution in [-0.4, -0.2) is 51.0 Å². The van der Waals surface area contributed by atoms with Gasteiger partial charge >= 0.3 is 5.69 Å². The second-order valence-electron chi connectivity index (χ2n) is 7.27. The van der Waals surface area contributed by atoms with Crippen molar-refractivity contribution in [2.75, 3.05) is 36.6 Å². The van der Waals surface area contributed by atoms with Gasteiger partial charge in [0, 0.05) is 27.2 Å². The first-order valence-electron chi connectivity index (χ1n) is 10.3. The Labute approximate surface area is 189 Å². The Balaban J connectivity index is 1.90. The number of aromatic amines is 1. The van der Waals surface area contributed by atoms with Crippen molar-refractivity contribution in [2.45, 2.75) is 31.5 Å². The van der Waals surface area contributed by atoms with E-state index in [-0.39, 0.29) is 36.3 Å². The Kier molecular flexibility index (Phi) is 7.75. The van der Waals surface area contributed by atoms with Gasteiger partial charge in [-0.15, -0.1) is 0 Å². The van der Waals surface area contributed by atoms with Crippen LogP contribution in [0.4, 0.5) is 11.5 Å². The number of thioether (sulfide) groups is 1. The Morgan fingerprint density at radius 2 is 2.06 bits per heavy atom. The van der Waals surface area contributed by atoms with Crippen LogP contribution in [0, 0.1) is 0 Å². The number of nitrogen functional groups attached to an aromatic ring is 1. The summed E-state index contributed by atoms with van der Waals surface area (Å²) >= 11 is 1.27. The lowest BCUT2D eigenvalue weighted by Gasteiger charge is -2.24. The molecule has 0 aliphatic carbocycles. The number of hydrogen-bond acceptors (Lipinski definition) is 7. The van der Waals surface area contributed by atoms with E-state index in [0.717, 1.165) is 17.5 Å². The van der Waals surface area contributed by atoms with Gasteiger partial charge in [-0.05, 0) is 18.6 Å². The van der Waals surface area contributed by atoms with Gasteiger partial charge in [-0.3, -0.25) is 19.1 Å². The number of amides is 1. The molecular formula is C21H28N6O4S. The number of aromatic nitrogens is 4. The summed E-state index contributed by atoms with van der Waals surface area (Å²) in [5.41, 5.74) is 6.69. The lowest BCUT2D eigenvalue weighted by Crippen LogP contribution is -2.43. The van der Waals surface area contributed by atoms with Gasteiger partial charge in [0.1, 0.15) is 5.82 Å². The lowest BCUT2D eigenvalue weighted by atomic mass is 10.3. The predicted octanol–water partition coefficient (Wildman–Crippen LogP) is 1.58.